The topological polar surface area (TPSA) is 12.0 Å². The first-order valence-electron chi connectivity index (χ1n) is 4.92. The molecule has 0 amide bonds. The molecule has 1 aromatic rings. The van der Waals surface area contributed by atoms with E-state index in [1.165, 1.54) is 12.1 Å². The largest absolute Gasteiger partial charge is 0.297 e. The van der Waals surface area contributed by atoms with Crippen LogP contribution >= 0.6 is 0 Å². The van der Waals surface area contributed by atoms with Gasteiger partial charge in [0.2, 0.25) is 0 Å². The number of halogens is 1. The standard InChI is InChI=1S/C13H16FN/c1-5-13(3,4)15-9-11-6-7-12(14)8-10(11)2/h1,6-8,15H,9H2,2-4H3. The number of benzene rings is 1. The summed E-state index contributed by atoms with van der Waals surface area (Å²) in [5.41, 5.74) is 1.68. The lowest BCUT2D eigenvalue weighted by atomic mass is 10.0. The van der Waals surface area contributed by atoms with Crippen molar-refractivity contribution in [3.05, 3.63) is 35.1 Å². The molecule has 1 aromatic carbocycles. The minimum atomic E-state index is -0.333. The zero-order valence-corrected chi connectivity index (χ0v) is 9.39. The third-order valence-electron chi connectivity index (χ3n) is 2.39. The van der Waals surface area contributed by atoms with Crippen LogP contribution in [0.15, 0.2) is 18.2 Å². The van der Waals surface area contributed by atoms with E-state index in [1.54, 1.807) is 6.07 Å². The number of hydrogen-bond acceptors (Lipinski definition) is 1. The summed E-state index contributed by atoms with van der Waals surface area (Å²) < 4.78 is 12.8. The molecule has 0 aliphatic heterocycles. The molecule has 0 spiro atoms. The highest BCUT2D eigenvalue weighted by Crippen LogP contribution is 2.11. The second-order valence-electron chi connectivity index (χ2n) is 4.19. The summed E-state index contributed by atoms with van der Waals surface area (Å²) in [5, 5.41) is 3.23. The molecule has 0 bridgehead atoms. The summed E-state index contributed by atoms with van der Waals surface area (Å²) >= 11 is 0. The van der Waals surface area contributed by atoms with Gasteiger partial charge in [-0.1, -0.05) is 12.0 Å². The summed E-state index contributed by atoms with van der Waals surface area (Å²) in [4.78, 5) is 0. The SMILES string of the molecule is C#CC(C)(C)NCc1ccc(F)cc1C. The third-order valence-corrected chi connectivity index (χ3v) is 2.39. The van der Waals surface area contributed by atoms with Gasteiger partial charge < -0.3 is 0 Å². The Morgan fingerprint density at radius 2 is 2.13 bits per heavy atom. The van der Waals surface area contributed by atoms with Crippen LogP contribution in [-0.4, -0.2) is 5.54 Å². The van der Waals surface area contributed by atoms with E-state index in [1.807, 2.05) is 20.8 Å². The number of rotatable bonds is 3. The van der Waals surface area contributed by atoms with E-state index in [0.717, 1.165) is 11.1 Å². The van der Waals surface area contributed by atoms with Gasteiger partial charge in [-0.2, -0.15) is 0 Å². The van der Waals surface area contributed by atoms with Crippen LogP contribution < -0.4 is 5.32 Å². The van der Waals surface area contributed by atoms with Crippen molar-refractivity contribution in [2.75, 3.05) is 0 Å². The van der Waals surface area contributed by atoms with Crippen molar-refractivity contribution in [3.63, 3.8) is 0 Å². The fraction of sp³-hybridized carbons (Fsp3) is 0.385. The van der Waals surface area contributed by atoms with Gasteiger partial charge >= 0.3 is 0 Å². The molecule has 1 rings (SSSR count). The van der Waals surface area contributed by atoms with Gasteiger partial charge in [0.1, 0.15) is 5.82 Å². The molecule has 0 aliphatic carbocycles. The quantitative estimate of drug-likeness (QED) is 0.748. The second kappa shape index (κ2) is 4.46. The van der Waals surface area contributed by atoms with Gasteiger partial charge in [0.25, 0.3) is 0 Å². The van der Waals surface area contributed by atoms with Crippen LogP contribution in [0.5, 0.6) is 0 Å². The Kier molecular flexibility index (Phi) is 3.49. The molecule has 0 aromatic heterocycles. The number of nitrogens with one attached hydrogen (secondary N) is 1. The summed E-state index contributed by atoms with van der Waals surface area (Å²) in [6, 6.07) is 4.77. The van der Waals surface area contributed by atoms with Crippen molar-refractivity contribution >= 4 is 0 Å². The van der Waals surface area contributed by atoms with Crippen LogP contribution in [0, 0.1) is 25.1 Å². The molecule has 0 unspecified atom stereocenters. The van der Waals surface area contributed by atoms with E-state index in [2.05, 4.69) is 11.2 Å². The third kappa shape index (κ3) is 3.38. The first kappa shape index (κ1) is 11.7. The molecule has 0 saturated carbocycles. The van der Waals surface area contributed by atoms with Crippen LogP contribution in [-0.2, 0) is 6.54 Å². The van der Waals surface area contributed by atoms with Crippen molar-refractivity contribution in [3.8, 4) is 12.3 Å². The summed E-state index contributed by atoms with van der Waals surface area (Å²) in [6.07, 6.45) is 5.36. The van der Waals surface area contributed by atoms with Crippen LogP contribution in [0.3, 0.4) is 0 Å². The molecular weight excluding hydrogens is 189 g/mol. The molecule has 0 atom stereocenters. The highest BCUT2D eigenvalue weighted by molar-refractivity contribution is 5.27. The van der Waals surface area contributed by atoms with Crippen LogP contribution in [0.2, 0.25) is 0 Å². The predicted octanol–water partition coefficient (Wildman–Crippen LogP) is 2.64. The van der Waals surface area contributed by atoms with Crippen molar-refractivity contribution in [2.45, 2.75) is 32.9 Å². The van der Waals surface area contributed by atoms with Crippen LogP contribution in [0.1, 0.15) is 25.0 Å². The molecule has 0 fully saturated rings. The number of hydrogen-bond donors (Lipinski definition) is 1. The van der Waals surface area contributed by atoms with Gasteiger partial charge in [-0.05, 0) is 44.0 Å². The molecule has 80 valence electrons. The molecule has 0 radical (unpaired) electrons. The minimum Gasteiger partial charge on any atom is -0.297 e. The lowest BCUT2D eigenvalue weighted by molar-refractivity contribution is 0.490. The zero-order chi connectivity index (χ0) is 11.5. The average Bonchev–Trinajstić information content (AvgIpc) is 2.16. The number of terminal acetylenes is 1. The predicted molar refractivity (Wildman–Crippen MR) is 60.9 cm³/mol. The van der Waals surface area contributed by atoms with E-state index in [9.17, 15) is 4.39 Å². The summed E-state index contributed by atoms with van der Waals surface area (Å²) in [6.45, 7) is 6.42. The summed E-state index contributed by atoms with van der Waals surface area (Å²) in [5.74, 6) is 2.46. The minimum absolute atomic E-state index is 0.201. The maximum Gasteiger partial charge on any atom is 0.123 e. The van der Waals surface area contributed by atoms with Gasteiger partial charge in [0.05, 0.1) is 5.54 Å². The normalized spacial score (nSPS) is 11.1. The Hall–Kier alpha value is -1.33. The van der Waals surface area contributed by atoms with E-state index in [-0.39, 0.29) is 11.4 Å². The fourth-order valence-electron chi connectivity index (χ4n) is 1.22. The van der Waals surface area contributed by atoms with Crippen molar-refractivity contribution in [2.24, 2.45) is 0 Å². The van der Waals surface area contributed by atoms with Gasteiger partial charge in [-0.25, -0.2) is 4.39 Å². The van der Waals surface area contributed by atoms with Crippen molar-refractivity contribution < 1.29 is 4.39 Å². The van der Waals surface area contributed by atoms with Crippen molar-refractivity contribution in [1.29, 1.82) is 0 Å². The van der Waals surface area contributed by atoms with E-state index in [0.29, 0.717) is 6.54 Å². The maximum atomic E-state index is 12.8. The second-order valence-corrected chi connectivity index (χ2v) is 4.19. The van der Waals surface area contributed by atoms with Crippen LogP contribution in [0.25, 0.3) is 0 Å². The first-order valence-corrected chi connectivity index (χ1v) is 4.92. The van der Waals surface area contributed by atoms with E-state index < -0.39 is 0 Å². The average molecular weight is 205 g/mol. The van der Waals surface area contributed by atoms with E-state index in [4.69, 9.17) is 6.42 Å². The molecule has 1 N–H and O–H groups in total. The molecule has 0 saturated heterocycles. The highest BCUT2D eigenvalue weighted by atomic mass is 19.1. The Morgan fingerprint density at radius 1 is 1.47 bits per heavy atom. The van der Waals surface area contributed by atoms with Crippen LogP contribution in [0.4, 0.5) is 4.39 Å². The first-order chi connectivity index (χ1) is 6.94. The highest BCUT2D eigenvalue weighted by Gasteiger charge is 2.12. The molecule has 1 nitrogen and oxygen atoms in total. The Balaban J connectivity index is 2.71. The smallest absolute Gasteiger partial charge is 0.123 e. The molecular formula is C13H16FN. The van der Waals surface area contributed by atoms with Gasteiger partial charge in [0.15, 0.2) is 0 Å². The lowest BCUT2D eigenvalue weighted by Crippen LogP contribution is -2.37. The summed E-state index contributed by atoms with van der Waals surface area (Å²) in [7, 11) is 0. The van der Waals surface area contributed by atoms with Gasteiger partial charge in [-0.15, -0.1) is 6.42 Å². The lowest BCUT2D eigenvalue weighted by Gasteiger charge is -2.20. The zero-order valence-electron chi connectivity index (χ0n) is 9.39. The van der Waals surface area contributed by atoms with Gasteiger partial charge in [-0.3, -0.25) is 5.32 Å². The number of aryl methyl sites for hydroxylation is 1. The monoisotopic (exact) mass is 205 g/mol. The molecule has 0 heterocycles. The maximum absolute atomic E-state index is 12.8. The fourth-order valence-corrected chi connectivity index (χ4v) is 1.22. The molecule has 15 heavy (non-hydrogen) atoms. The van der Waals surface area contributed by atoms with Crippen molar-refractivity contribution in [1.82, 2.24) is 5.32 Å². The Bertz CT molecular complexity index is 388. The molecule has 2 heteroatoms. The Morgan fingerprint density at radius 3 is 2.67 bits per heavy atom. The Labute approximate surface area is 90.7 Å². The van der Waals surface area contributed by atoms with E-state index >= 15 is 0 Å². The molecule has 0 aliphatic rings. The van der Waals surface area contributed by atoms with Gasteiger partial charge in [0, 0.05) is 6.54 Å².